The van der Waals surface area contributed by atoms with Crippen molar-refractivity contribution >= 4 is 11.9 Å². The van der Waals surface area contributed by atoms with Crippen LogP contribution in [0.3, 0.4) is 0 Å². The summed E-state index contributed by atoms with van der Waals surface area (Å²) in [5.41, 5.74) is 1.85. The van der Waals surface area contributed by atoms with Crippen molar-refractivity contribution in [2.45, 2.75) is 25.0 Å². The van der Waals surface area contributed by atoms with Crippen LogP contribution < -0.4 is 4.74 Å². The number of amides is 1. The number of carbonyl (C=O) groups excluding carboxylic acids is 1. The number of rotatable bonds is 5. The van der Waals surface area contributed by atoms with Crippen LogP contribution in [0.5, 0.6) is 5.75 Å². The Labute approximate surface area is 140 Å². The van der Waals surface area contributed by atoms with Gasteiger partial charge in [-0.3, -0.25) is 4.79 Å². The molecule has 1 heterocycles. The summed E-state index contributed by atoms with van der Waals surface area (Å²) in [5, 5.41) is 9.54. The SMILES string of the molecule is CN(C(=O)C1Cc2ccccc2O1)C(Cc1ccccc1)C(=O)O. The number of aliphatic carboxylic acids is 1. The number of nitrogens with zero attached hydrogens (tertiary/aromatic N) is 1. The predicted molar refractivity (Wildman–Crippen MR) is 88.9 cm³/mol. The van der Waals surface area contributed by atoms with E-state index in [1.807, 2.05) is 54.6 Å². The lowest BCUT2D eigenvalue weighted by molar-refractivity contribution is -0.151. The molecule has 2 unspecified atom stereocenters. The van der Waals surface area contributed by atoms with E-state index in [2.05, 4.69) is 0 Å². The Kier molecular flexibility index (Phi) is 4.51. The number of likely N-dealkylation sites (N-methyl/N-ethyl adjacent to an activating group) is 1. The molecule has 2 aromatic rings. The van der Waals surface area contributed by atoms with Crippen molar-refractivity contribution in [1.82, 2.24) is 4.90 Å². The van der Waals surface area contributed by atoms with Crippen LogP contribution in [-0.4, -0.2) is 41.1 Å². The molecular weight excluding hydrogens is 306 g/mol. The molecule has 0 radical (unpaired) electrons. The number of para-hydroxylation sites is 1. The normalized spacial score (nSPS) is 16.8. The van der Waals surface area contributed by atoms with Crippen LogP contribution in [0.25, 0.3) is 0 Å². The Hall–Kier alpha value is -2.82. The van der Waals surface area contributed by atoms with E-state index in [-0.39, 0.29) is 12.3 Å². The molecule has 1 amide bonds. The lowest BCUT2D eigenvalue weighted by atomic mass is 10.0. The average molecular weight is 325 g/mol. The maximum atomic E-state index is 12.7. The molecule has 1 aliphatic heterocycles. The zero-order chi connectivity index (χ0) is 17.1. The molecule has 3 rings (SSSR count). The first-order chi connectivity index (χ1) is 11.6. The van der Waals surface area contributed by atoms with E-state index >= 15 is 0 Å². The van der Waals surface area contributed by atoms with Crippen LogP contribution in [0.15, 0.2) is 54.6 Å². The van der Waals surface area contributed by atoms with Gasteiger partial charge in [-0.25, -0.2) is 4.79 Å². The van der Waals surface area contributed by atoms with E-state index in [1.165, 1.54) is 11.9 Å². The number of carbonyl (C=O) groups is 2. The quantitative estimate of drug-likeness (QED) is 0.915. The van der Waals surface area contributed by atoms with Crippen LogP contribution in [0, 0.1) is 0 Å². The van der Waals surface area contributed by atoms with Crippen molar-refractivity contribution in [2.75, 3.05) is 7.05 Å². The van der Waals surface area contributed by atoms with Gasteiger partial charge in [-0.05, 0) is 17.2 Å². The first-order valence-corrected chi connectivity index (χ1v) is 7.84. The molecule has 0 spiro atoms. The Morgan fingerprint density at radius 2 is 1.83 bits per heavy atom. The Balaban J connectivity index is 1.72. The van der Waals surface area contributed by atoms with Crippen LogP contribution in [-0.2, 0) is 22.4 Å². The van der Waals surface area contributed by atoms with Gasteiger partial charge in [-0.1, -0.05) is 48.5 Å². The molecule has 24 heavy (non-hydrogen) atoms. The minimum atomic E-state index is -1.02. The average Bonchev–Trinajstić information content (AvgIpc) is 3.03. The van der Waals surface area contributed by atoms with E-state index in [1.54, 1.807) is 0 Å². The smallest absolute Gasteiger partial charge is 0.326 e. The fourth-order valence-corrected chi connectivity index (χ4v) is 2.93. The predicted octanol–water partition coefficient (Wildman–Crippen LogP) is 2.14. The van der Waals surface area contributed by atoms with Crippen LogP contribution >= 0.6 is 0 Å². The van der Waals surface area contributed by atoms with Crippen LogP contribution in [0.1, 0.15) is 11.1 Å². The highest BCUT2D eigenvalue weighted by molar-refractivity contribution is 5.87. The molecule has 5 nitrogen and oxygen atoms in total. The number of ether oxygens (including phenoxy) is 1. The topological polar surface area (TPSA) is 66.8 Å². The van der Waals surface area contributed by atoms with E-state index < -0.39 is 18.1 Å². The number of carboxylic acid groups (broad SMARTS) is 1. The largest absolute Gasteiger partial charge is 0.480 e. The van der Waals surface area contributed by atoms with Crippen molar-refractivity contribution in [3.05, 3.63) is 65.7 Å². The standard InChI is InChI=1S/C19H19NO4/c1-20(15(19(22)23)11-13-7-3-2-4-8-13)18(21)17-12-14-9-5-6-10-16(14)24-17/h2-10,15,17H,11-12H2,1H3,(H,22,23). The molecule has 5 heteroatoms. The van der Waals surface area contributed by atoms with E-state index in [4.69, 9.17) is 4.74 Å². The maximum Gasteiger partial charge on any atom is 0.326 e. The summed E-state index contributed by atoms with van der Waals surface area (Å²) in [5.74, 6) is -0.640. The molecule has 2 aromatic carbocycles. The summed E-state index contributed by atoms with van der Waals surface area (Å²) in [6, 6.07) is 15.9. The van der Waals surface area contributed by atoms with Gasteiger partial charge in [0.1, 0.15) is 11.8 Å². The molecule has 0 saturated heterocycles. The lowest BCUT2D eigenvalue weighted by Gasteiger charge is -2.27. The van der Waals surface area contributed by atoms with Gasteiger partial charge in [0.15, 0.2) is 6.10 Å². The van der Waals surface area contributed by atoms with E-state index in [0.717, 1.165) is 11.1 Å². The number of fused-ring (bicyclic) bond motifs is 1. The third kappa shape index (κ3) is 3.25. The summed E-state index contributed by atoms with van der Waals surface area (Å²) in [4.78, 5) is 25.6. The van der Waals surface area contributed by atoms with Gasteiger partial charge in [0.25, 0.3) is 5.91 Å². The highest BCUT2D eigenvalue weighted by Crippen LogP contribution is 2.29. The van der Waals surface area contributed by atoms with Crippen molar-refractivity contribution in [3.63, 3.8) is 0 Å². The summed E-state index contributed by atoms with van der Waals surface area (Å²) < 4.78 is 5.69. The summed E-state index contributed by atoms with van der Waals surface area (Å²) >= 11 is 0. The first-order valence-electron chi connectivity index (χ1n) is 7.84. The van der Waals surface area contributed by atoms with Crippen molar-refractivity contribution in [1.29, 1.82) is 0 Å². The second-order valence-corrected chi connectivity index (χ2v) is 5.91. The number of carboxylic acids is 1. The van der Waals surface area contributed by atoms with Gasteiger partial charge >= 0.3 is 5.97 Å². The van der Waals surface area contributed by atoms with Gasteiger partial charge in [-0.15, -0.1) is 0 Å². The van der Waals surface area contributed by atoms with Crippen LogP contribution in [0.2, 0.25) is 0 Å². The molecule has 1 N–H and O–H groups in total. The monoisotopic (exact) mass is 325 g/mol. The zero-order valence-electron chi connectivity index (χ0n) is 13.4. The summed E-state index contributed by atoms with van der Waals surface area (Å²) in [6.07, 6.45) is 0.0692. The van der Waals surface area contributed by atoms with Crippen molar-refractivity contribution in [3.8, 4) is 5.75 Å². The number of hydrogen-bond donors (Lipinski definition) is 1. The maximum absolute atomic E-state index is 12.7. The molecule has 0 bridgehead atoms. The fraction of sp³-hybridized carbons (Fsp3) is 0.263. The molecule has 2 atom stereocenters. The number of hydrogen-bond acceptors (Lipinski definition) is 3. The minimum absolute atomic E-state index is 0.262. The second kappa shape index (κ2) is 6.74. The second-order valence-electron chi connectivity index (χ2n) is 5.91. The Morgan fingerprint density at radius 1 is 1.17 bits per heavy atom. The summed E-state index contributed by atoms with van der Waals surface area (Å²) in [7, 11) is 1.52. The van der Waals surface area contributed by atoms with Gasteiger partial charge in [-0.2, -0.15) is 0 Å². The highest BCUT2D eigenvalue weighted by Gasteiger charge is 2.35. The van der Waals surface area contributed by atoms with Crippen molar-refractivity contribution < 1.29 is 19.4 Å². The molecule has 124 valence electrons. The van der Waals surface area contributed by atoms with Crippen LogP contribution in [0.4, 0.5) is 0 Å². The van der Waals surface area contributed by atoms with Gasteiger partial charge in [0.2, 0.25) is 0 Å². The molecule has 0 aromatic heterocycles. The molecular formula is C19H19NO4. The fourth-order valence-electron chi connectivity index (χ4n) is 2.93. The van der Waals surface area contributed by atoms with Gasteiger partial charge in [0, 0.05) is 19.9 Å². The molecule has 0 fully saturated rings. The van der Waals surface area contributed by atoms with Gasteiger partial charge in [0.05, 0.1) is 0 Å². The molecule has 0 saturated carbocycles. The Morgan fingerprint density at radius 3 is 2.50 bits per heavy atom. The summed E-state index contributed by atoms with van der Waals surface area (Å²) in [6.45, 7) is 0. The number of benzene rings is 2. The Bertz CT molecular complexity index is 719. The molecule has 0 aliphatic carbocycles. The highest BCUT2D eigenvalue weighted by atomic mass is 16.5. The van der Waals surface area contributed by atoms with Gasteiger partial charge < -0.3 is 14.7 Å². The zero-order valence-corrected chi connectivity index (χ0v) is 13.4. The van der Waals surface area contributed by atoms with Crippen molar-refractivity contribution in [2.24, 2.45) is 0 Å². The third-order valence-corrected chi connectivity index (χ3v) is 4.29. The minimum Gasteiger partial charge on any atom is -0.480 e. The third-order valence-electron chi connectivity index (χ3n) is 4.29. The molecule has 1 aliphatic rings. The first kappa shape index (κ1) is 16.1. The lowest BCUT2D eigenvalue weighted by Crippen LogP contribution is -2.49. The van der Waals surface area contributed by atoms with E-state index in [9.17, 15) is 14.7 Å². The van der Waals surface area contributed by atoms with E-state index in [0.29, 0.717) is 12.2 Å².